The molecule has 3 aromatic carbocycles. The number of amides is 2. The number of para-hydroxylation sites is 1. The van der Waals surface area contributed by atoms with Crippen molar-refractivity contribution in [3.8, 4) is 10.6 Å². The SMILES string of the molecule is CCN(C(=O)Cc1ccc(NC(=O)Cc2csc(-c3ccccc3)n2)cc1)c1ccccc1. The molecular weight excluding hydrogens is 430 g/mol. The highest BCUT2D eigenvalue weighted by atomic mass is 32.1. The Bertz CT molecular complexity index is 1210. The van der Waals surface area contributed by atoms with Crippen molar-refractivity contribution in [2.24, 2.45) is 0 Å². The van der Waals surface area contributed by atoms with Crippen LogP contribution in [0.25, 0.3) is 10.6 Å². The molecule has 0 unspecified atom stereocenters. The Kier molecular flexibility index (Phi) is 7.27. The molecule has 4 rings (SSSR count). The Hall–Kier alpha value is -3.77. The van der Waals surface area contributed by atoms with Crippen LogP contribution in [0.5, 0.6) is 0 Å². The molecular formula is C27H25N3O2S. The molecule has 0 bridgehead atoms. The van der Waals surface area contributed by atoms with Crippen molar-refractivity contribution >= 4 is 34.5 Å². The van der Waals surface area contributed by atoms with Crippen LogP contribution in [0.2, 0.25) is 0 Å². The minimum absolute atomic E-state index is 0.0400. The number of nitrogens with one attached hydrogen (secondary N) is 1. The predicted molar refractivity (Wildman–Crippen MR) is 134 cm³/mol. The first-order valence-corrected chi connectivity index (χ1v) is 11.7. The number of carbonyl (C=O) groups is 2. The number of carbonyl (C=O) groups excluding carboxylic acids is 2. The van der Waals surface area contributed by atoms with Gasteiger partial charge in [-0.15, -0.1) is 11.3 Å². The molecule has 33 heavy (non-hydrogen) atoms. The third-order valence-corrected chi connectivity index (χ3v) is 6.13. The molecule has 0 aliphatic heterocycles. The summed E-state index contributed by atoms with van der Waals surface area (Å²) in [6, 6.07) is 27.0. The first-order valence-electron chi connectivity index (χ1n) is 10.9. The van der Waals surface area contributed by atoms with Gasteiger partial charge in [0, 0.05) is 28.9 Å². The summed E-state index contributed by atoms with van der Waals surface area (Å²) in [5.74, 6) is -0.0804. The number of aromatic nitrogens is 1. The molecule has 0 aliphatic carbocycles. The molecule has 0 saturated heterocycles. The lowest BCUT2D eigenvalue weighted by Crippen LogP contribution is -2.31. The first kappa shape index (κ1) is 22.4. The lowest BCUT2D eigenvalue weighted by molar-refractivity contribution is -0.118. The normalized spacial score (nSPS) is 10.6. The molecule has 0 radical (unpaired) electrons. The van der Waals surface area contributed by atoms with Crippen LogP contribution in [-0.4, -0.2) is 23.3 Å². The molecule has 1 aromatic heterocycles. The van der Waals surface area contributed by atoms with Crippen LogP contribution in [-0.2, 0) is 22.4 Å². The number of thiazole rings is 1. The average Bonchev–Trinajstić information content (AvgIpc) is 3.30. The van der Waals surface area contributed by atoms with Crippen molar-refractivity contribution in [1.82, 2.24) is 4.98 Å². The van der Waals surface area contributed by atoms with Crippen molar-refractivity contribution in [2.45, 2.75) is 19.8 Å². The minimum Gasteiger partial charge on any atom is -0.326 e. The van der Waals surface area contributed by atoms with Gasteiger partial charge in [-0.25, -0.2) is 4.98 Å². The van der Waals surface area contributed by atoms with E-state index in [0.29, 0.717) is 18.7 Å². The largest absolute Gasteiger partial charge is 0.326 e. The summed E-state index contributed by atoms with van der Waals surface area (Å²) >= 11 is 1.53. The summed E-state index contributed by atoms with van der Waals surface area (Å²) in [5.41, 5.74) is 4.29. The lowest BCUT2D eigenvalue weighted by Gasteiger charge is -2.21. The Morgan fingerprint density at radius 2 is 1.55 bits per heavy atom. The lowest BCUT2D eigenvalue weighted by atomic mass is 10.1. The maximum absolute atomic E-state index is 12.8. The Morgan fingerprint density at radius 1 is 0.879 bits per heavy atom. The summed E-state index contributed by atoms with van der Waals surface area (Å²) in [4.78, 5) is 31.6. The fourth-order valence-electron chi connectivity index (χ4n) is 3.56. The molecule has 0 aliphatic rings. The van der Waals surface area contributed by atoms with E-state index in [1.807, 2.05) is 97.2 Å². The van der Waals surface area contributed by atoms with E-state index in [1.165, 1.54) is 11.3 Å². The molecule has 0 spiro atoms. The Balaban J connectivity index is 1.32. The van der Waals surface area contributed by atoms with E-state index in [1.54, 1.807) is 4.90 Å². The average molecular weight is 456 g/mol. The zero-order chi connectivity index (χ0) is 23.0. The van der Waals surface area contributed by atoms with Crippen LogP contribution >= 0.6 is 11.3 Å². The van der Waals surface area contributed by atoms with Gasteiger partial charge in [-0.2, -0.15) is 0 Å². The van der Waals surface area contributed by atoms with Crippen molar-refractivity contribution in [3.05, 3.63) is 102 Å². The summed E-state index contributed by atoms with van der Waals surface area (Å²) in [7, 11) is 0. The second-order valence-corrected chi connectivity index (χ2v) is 8.44. The number of likely N-dealkylation sites (N-methyl/N-ethyl adjacent to an activating group) is 1. The van der Waals surface area contributed by atoms with Crippen molar-refractivity contribution < 1.29 is 9.59 Å². The summed E-state index contributed by atoms with van der Waals surface area (Å²) in [5, 5.41) is 5.74. The van der Waals surface area contributed by atoms with Gasteiger partial charge in [-0.3, -0.25) is 9.59 Å². The highest BCUT2D eigenvalue weighted by Gasteiger charge is 2.14. The highest BCUT2D eigenvalue weighted by molar-refractivity contribution is 7.13. The maximum Gasteiger partial charge on any atom is 0.231 e. The van der Waals surface area contributed by atoms with Gasteiger partial charge in [0.05, 0.1) is 18.5 Å². The summed E-state index contributed by atoms with van der Waals surface area (Å²) < 4.78 is 0. The van der Waals surface area contributed by atoms with Gasteiger partial charge < -0.3 is 10.2 Å². The van der Waals surface area contributed by atoms with Gasteiger partial charge in [0.15, 0.2) is 0 Å². The number of rotatable bonds is 8. The molecule has 2 amide bonds. The third-order valence-electron chi connectivity index (χ3n) is 5.19. The second-order valence-electron chi connectivity index (χ2n) is 7.58. The standard InChI is InChI=1S/C27H25N3O2S/c1-2-30(24-11-7-4-8-12-24)26(32)17-20-13-15-22(16-14-20)28-25(31)18-23-19-33-27(29-23)21-9-5-3-6-10-21/h3-16,19H,2,17-18H2,1H3,(H,28,31). The van der Waals surface area contributed by atoms with Crippen LogP contribution in [0.4, 0.5) is 11.4 Å². The van der Waals surface area contributed by atoms with Gasteiger partial charge in [-0.1, -0.05) is 60.7 Å². The van der Waals surface area contributed by atoms with Crippen LogP contribution in [0.3, 0.4) is 0 Å². The van der Waals surface area contributed by atoms with Gasteiger partial charge in [-0.05, 0) is 36.8 Å². The van der Waals surface area contributed by atoms with Crippen molar-refractivity contribution in [3.63, 3.8) is 0 Å². The molecule has 0 saturated carbocycles. The predicted octanol–water partition coefficient (Wildman–Crippen LogP) is 5.59. The Morgan fingerprint density at radius 3 is 2.21 bits per heavy atom. The quantitative estimate of drug-likeness (QED) is 0.377. The molecule has 0 fully saturated rings. The molecule has 1 N–H and O–H groups in total. The van der Waals surface area contributed by atoms with Gasteiger partial charge >= 0.3 is 0 Å². The van der Waals surface area contributed by atoms with Gasteiger partial charge in [0.25, 0.3) is 0 Å². The van der Waals surface area contributed by atoms with Gasteiger partial charge in [0.1, 0.15) is 5.01 Å². The van der Waals surface area contributed by atoms with Gasteiger partial charge in [0.2, 0.25) is 11.8 Å². The van der Waals surface area contributed by atoms with E-state index in [-0.39, 0.29) is 18.2 Å². The minimum atomic E-state index is -0.120. The summed E-state index contributed by atoms with van der Waals surface area (Å²) in [6.45, 7) is 2.58. The van der Waals surface area contributed by atoms with E-state index in [9.17, 15) is 9.59 Å². The van der Waals surface area contributed by atoms with E-state index in [0.717, 1.165) is 27.5 Å². The zero-order valence-electron chi connectivity index (χ0n) is 18.4. The van der Waals surface area contributed by atoms with Crippen LogP contribution in [0, 0.1) is 0 Å². The topological polar surface area (TPSA) is 62.3 Å². The number of hydrogen-bond acceptors (Lipinski definition) is 4. The second kappa shape index (κ2) is 10.7. The van der Waals surface area contributed by atoms with Crippen molar-refractivity contribution in [1.29, 1.82) is 0 Å². The number of nitrogens with zero attached hydrogens (tertiary/aromatic N) is 2. The molecule has 166 valence electrons. The van der Waals surface area contributed by atoms with Crippen molar-refractivity contribution in [2.75, 3.05) is 16.8 Å². The van der Waals surface area contributed by atoms with E-state index >= 15 is 0 Å². The summed E-state index contributed by atoms with van der Waals surface area (Å²) in [6.07, 6.45) is 0.518. The molecule has 0 atom stereocenters. The van der Waals surface area contributed by atoms with Crippen LogP contribution < -0.4 is 10.2 Å². The fraction of sp³-hybridized carbons (Fsp3) is 0.148. The fourth-order valence-corrected chi connectivity index (χ4v) is 4.38. The van der Waals surface area contributed by atoms with E-state index in [4.69, 9.17) is 0 Å². The number of anilines is 2. The number of hydrogen-bond donors (Lipinski definition) is 1. The van der Waals surface area contributed by atoms with E-state index < -0.39 is 0 Å². The first-order chi connectivity index (χ1) is 16.1. The molecule has 5 nitrogen and oxygen atoms in total. The molecule has 6 heteroatoms. The third kappa shape index (κ3) is 5.93. The molecule has 4 aromatic rings. The maximum atomic E-state index is 12.8. The highest BCUT2D eigenvalue weighted by Crippen LogP contribution is 2.23. The van der Waals surface area contributed by atoms with Crippen LogP contribution in [0.1, 0.15) is 18.2 Å². The van der Waals surface area contributed by atoms with E-state index in [2.05, 4.69) is 10.3 Å². The number of benzene rings is 3. The molecule has 1 heterocycles. The monoisotopic (exact) mass is 455 g/mol. The van der Waals surface area contributed by atoms with Crippen LogP contribution in [0.15, 0.2) is 90.3 Å². The Labute approximate surface area is 197 Å². The zero-order valence-corrected chi connectivity index (χ0v) is 19.2. The smallest absolute Gasteiger partial charge is 0.231 e.